The third-order valence-corrected chi connectivity index (χ3v) is 5.63. The second-order valence-electron chi connectivity index (χ2n) is 7.52. The molecule has 5 rings (SSSR count). The monoisotopic (exact) mass is 367 g/mol. The summed E-state index contributed by atoms with van der Waals surface area (Å²) in [6.07, 6.45) is 1.65. The Kier molecular flexibility index (Phi) is 3.50. The summed E-state index contributed by atoms with van der Waals surface area (Å²) in [6, 6.07) is 13.5. The molecule has 4 nitrogen and oxygen atoms in total. The Morgan fingerprint density at radius 2 is 1.89 bits per heavy atom. The number of carbonyl (C=O) groups excluding carboxylic acids is 1. The van der Waals surface area contributed by atoms with E-state index in [1.54, 1.807) is 11.1 Å². The lowest BCUT2D eigenvalue weighted by Crippen LogP contribution is -2.33. The highest BCUT2D eigenvalue weighted by molar-refractivity contribution is 6.01. The van der Waals surface area contributed by atoms with Gasteiger partial charge in [-0.25, -0.2) is 13.6 Å². The summed E-state index contributed by atoms with van der Waals surface area (Å²) in [4.78, 5) is 17.6. The van der Waals surface area contributed by atoms with Crippen molar-refractivity contribution in [2.45, 2.75) is 37.8 Å². The summed E-state index contributed by atoms with van der Waals surface area (Å²) in [5, 5.41) is 3.94. The lowest BCUT2D eigenvalue weighted by Gasteiger charge is -2.35. The maximum absolute atomic E-state index is 13.1. The molecule has 0 bridgehead atoms. The van der Waals surface area contributed by atoms with Crippen LogP contribution in [0.4, 0.5) is 19.3 Å². The Bertz CT molecular complexity index is 1030. The molecule has 2 heterocycles. The number of fused-ring (bicyclic) bond motifs is 2. The molecule has 138 valence electrons. The largest absolute Gasteiger partial charge is 0.359 e. The maximum Gasteiger partial charge on any atom is 0.322 e. The van der Waals surface area contributed by atoms with Gasteiger partial charge in [0.15, 0.2) is 0 Å². The van der Waals surface area contributed by atoms with Gasteiger partial charge in [0.1, 0.15) is 0 Å². The minimum absolute atomic E-state index is 0.0700. The summed E-state index contributed by atoms with van der Waals surface area (Å²) < 4.78 is 26.3. The predicted molar refractivity (Wildman–Crippen MR) is 99.9 cm³/mol. The van der Waals surface area contributed by atoms with Crippen molar-refractivity contribution in [3.05, 3.63) is 65.4 Å². The van der Waals surface area contributed by atoms with E-state index in [2.05, 4.69) is 10.3 Å². The number of aromatic nitrogens is 1. The van der Waals surface area contributed by atoms with Crippen molar-refractivity contribution in [1.29, 1.82) is 0 Å². The number of nitrogens with zero attached hydrogens (tertiary/aromatic N) is 1. The Hall–Kier alpha value is -2.89. The van der Waals surface area contributed by atoms with Crippen LogP contribution in [0.1, 0.15) is 35.4 Å². The van der Waals surface area contributed by atoms with E-state index in [9.17, 15) is 13.6 Å². The quantitative estimate of drug-likeness (QED) is 0.640. The Labute approximate surface area is 155 Å². The van der Waals surface area contributed by atoms with Crippen molar-refractivity contribution in [2.24, 2.45) is 0 Å². The molecule has 1 saturated carbocycles. The van der Waals surface area contributed by atoms with Crippen LogP contribution >= 0.6 is 0 Å². The van der Waals surface area contributed by atoms with E-state index in [1.807, 2.05) is 42.5 Å². The van der Waals surface area contributed by atoms with Crippen LogP contribution in [0.15, 0.2) is 48.7 Å². The number of carbonyl (C=O) groups is 1. The topological polar surface area (TPSA) is 48.1 Å². The van der Waals surface area contributed by atoms with E-state index in [0.29, 0.717) is 13.1 Å². The third-order valence-electron chi connectivity index (χ3n) is 5.63. The number of rotatable bonds is 2. The number of aromatic amines is 1. The molecule has 1 aliphatic carbocycles. The molecule has 1 aromatic heterocycles. The Morgan fingerprint density at radius 1 is 1.11 bits per heavy atom. The van der Waals surface area contributed by atoms with Gasteiger partial charge in [0.25, 0.3) is 0 Å². The SMILES string of the molecule is O=C(Nc1c[nH]c2ccccc12)N1Cc2ccc(C3CC(F)(F)C3)cc2C1. The van der Waals surface area contributed by atoms with Crippen molar-refractivity contribution in [1.82, 2.24) is 9.88 Å². The summed E-state index contributed by atoms with van der Waals surface area (Å²) in [5.74, 6) is -2.59. The smallest absolute Gasteiger partial charge is 0.322 e. The number of H-pyrrole nitrogens is 1. The maximum atomic E-state index is 13.1. The van der Waals surface area contributed by atoms with E-state index in [0.717, 1.165) is 33.3 Å². The molecule has 1 aliphatic heterocycles. The van der Waals surface area contributed by atoms with E-state index >= 15 is 0 Å². The molecule has 0 unspecified atom stereocenters. The fourth-order valence-electron chi connectivity index (χ4n) is 4.08. The zero-order valence-electron chi connectivity index (χ0n) is 14.6. The second-order valence-corrected chi connectivity index (χ2v) is 7.52. The van der Waals surface area contributed by atoms with Gasteiger partial charge in [0.05, 0.1) is 5.69 Å². The van der Waals surface area contributed by atoms with Crippen molar-refractivity contribution >= 4 is 22.6 Å². The van der Waals surface area contributed by atoms with Crippen LogP contribution in [0, 0.1) is 0 Å². The molecule has 0 atom stereocenters. The highest BCUT2D eigenvalue weighted by atomic mass is 19.3. The first-order chi connectivity index (χ1) is 13.0. The van der Waals surface area contributed by atoms with Crippen LogP contribution in [0.25, 0.3) is 10.9 Å². The lowest BCUT2D eigenvalue weighted by atomic mass is 9.76. The molecule has 0 radical (unpaired) electrons. The first-order valence-electron chi connectivity index (χ1n) is 9.10. The number of para-hydroxylation sites is 1. The molecule has 2 N–H and O–H groups in total. The van der Waals surface area contributed by atoms with Gasteiger partial charge in [0.2, 0.25) is 5.92 Å². The molecule has 27 heavy (non-hydrogen) atoms. The third kappa shape index (κ3) is 2.85. The van der Waals surface area contributed by atoms with E-state index in [-0.39, 0.29) is 24.8 Å². The fourth-order valence-corrected chi connectivity index (χ4v) is 4.08. The van der Waals surface area contributed by atoms with Crippen molar-refractivity contribution < 1.29 is 13.6 Å². The number of amides is 2. The first-order valence-corrected chi connectivity index (χ1v) is 9.10. The number of hydrogen-bond acceptors (Lipinski definition) is 1. The van der Waals surface area contributed by atoms with Crippen molar-refractivity contribution in [3.63, 3.8) is 0 Å². The zero-order chi connectivity index (χ0) is 18.6. The number of urea groups is 1. The Balaban J connectivity index is 1.30. The van der Waals surface area contributed by atoms with Crippen LogP contribution < -0.4 is 5.32 Å². The second kappa shape index (κ2) is 5.81. The molecule has 3 aromatic rings. The van der Waals surface area contributed by atoms with E-state index < -0.39 is 5.92 Å². The number of nitrogens with one attached hydrogen (secondary N) is 2. The highest BCUT2D eigenvalue weighted by Gasteiger charge is 2.46. The lowest BCUT2D eigenvalue weighted by molar-refractivity contribution is -0.0867. The number of benzene rings is 2. The predicted octanol–water partition coefficient (Wildman–Crippen LogP) is 5.23. The van der Waals surface area contributed by atoms with Crippen LogP contribution in [-0.4, -0.2) is 21.8 Å². The fraction of sp³-hybridized carbons (Fsp3) is 0.286. The average Bonchev–Trinajstić information content (AvgIpc) is 3.23. The molecule has 2 aliphatic rings. The van der Waals surface area contributed by atoms with Crippen LogP contribution in [0.5, 0.6) is 0 Å². The standard InChI is InChI=1S/C21H19F2N3O/c22-21(23)8-16(9-21)13-5-6-14-11-26(12-15(14)7-13)20(27)25-19-10-24-18-4-2-1-3-17(18)19/h1-7,10,16,24H,8-9,11-12H2,(H,25,27). The number of anilines is 1. The van der Waals surface area contributed by atoms with Crippen molar-refractivity contribution in [3.8, 4) is 0 Å². The van der Waals surface area contributed by atoms with Crippen molar-refractivity contribution in [2.75, 3.05) is 5.32 Å². The first kappa shape index (κ1) is 16.3. The Morgan fingerprint density at radius 3 is 2.70 bits per heavy atom. The number of halogens is 2. The van der Waals surface area contributed by atoms with Crippen LogP contribution in [0.3, 0.4) is 0 Å². The molecule has 1 fully saturated rings. The van der Waals surface area contributed by atoms with Crippen LogP contribution in [-0.2, 0) is 13.1 Å². The minimum atomic E-state index is -2.52. The summed E-state index contributed by atoms with van der Waals surface area (Å²) in [6.45, 7) is 1.03. The van der Waals surface area contributed by atoms with Gasteiger partial charge < -0.3 is 15.2 Å². The molecule has 6 heteroatoms. The molecule has 0 saturated heterocycles. The van der Waals surface area contributed by atoms with Gasteiger partial charge in [-0.3, -0.25) is 0 Å². The van der Waals surface area contributed by atoms with Gasteiger partial charge in [-0.15, -0.1) is 0 Å². The normalized spacial score (nSPS) is 18.4. The summed E-state index contributed by atoms with van der Waals surface area (Å²) >= 11 is 0. The minimum Gasteiger partial charge on any atom is -0.359 e. The number of alkyl halides is 2. The molecular weight excluding hydrogens is 348 g/mol. The molecular formula is C21H19F2N3O. The van der Waals surface area contributed by atoms with E-state index in [1.165, 1.54) is 0 Å². The van der Waals surface area contributed by atoms with E-state index in [4.69, 9.17) is 0 Å². The number of hydrogen-bond donors (Lipinski definition) is 2. The van der Waals surface area contributed by atoms with Gasteiger partial charge in [-0.05, 0) is 28.7 Å². The summed E-state index contributed by atoms with van der Waals surface area (Å²) in [7, 11) is 0. The molecule has 2 amide bonds. The average molecular weight is 367 g/mol. The molecule has 0 spiro atoms. The van der Waals surface area contributed by atoms with Gasteiger partial charge in [0, 0.05) is 43.0 Å². The van der Waals surface area contributed by atoms with Gasteiger partial charge in [-0.1, -0.05) is 36.4 Å². The summed E-state index contributed by atoms with van der Waals surface area (Å²) in [5.41, 5.74) is 4.82. The molecule has 2 aromatic carbocycles. The van der Waals surface area contributed by atoms with Crippen LogP contribution in [0.2, 0.25) is 0 Å². The zero-order valence-corrected chi connectivity index (χ0v) is 14.6. The van der Waals surface area contributed by atoms with Gasteiger partial charge in [-0.2, -0.15) is 0 Å². The van der Waals surface area contributed by atoms with Gasteiger partial charge >= 0.3 is 6.03 Å². The highest BCUT2D eigenvalue weighted by Crippen LogP contribution is 2.48.